The van der Waals surface area contributed by atoms with Crippen molar-refractivity contribution in [3.05, 3.63) is 30.1 Å². The highest BCUT2D eigenvalue weighted by molar-refractivity contribution is 5.94. The van der Waals surface area contributed by atoms with Gasteiger partial charge in [0.1, 0.15) is 0 Å². The Bertz CT molecular complexity index is 390. The summed E-state index contributed by atoms with van der Waals surface area (Å²) in [6, 6.07) is 4.03. The Morgan fingerprint density at radius 1 is 1.38 bits per heavy atom. The second kappa shape index (κ2) is 3.89. The number of pyridine rings is 1. The molecule has 1 aromatic rings. The predicted molar refractivity (Wildman–Crippen MR) is 60.9 cm³/mol. The number of fused-ring (bicyclic) bond motifs is 2. The number of rotatable bonds is 2. The molecule has 3 rings (SSSR count). The van der Waals surface area contributed by atoms with Gasteiger partial charge >= 0.3 is 0 Å². The summed E-state index contributed by atoms with van der Waals surface area (Å²) < 4.78 is 0. The summed E-state index contributed by atoms with van der Waals surface area (Å²) in [5, 5.41) is 3.15. The summed E-state index contributed by atoms with van der Waals surface area (Å²) in [6.07, 6.45) is 8.47. The lowest BCUT2D eigenvalue weighted by Crippen LogP contribution is -2.38. The SMILES string of the molecule is O=C(N[C@H]1C[C@H]2CC[C@H]1C2)c1cccnc1. The van der Waals surface area contributed by atoms with Gasteiger partial charge in [-0.15, -0.1) is 0 Å². The Morgan fingerprint density at radius 2 is 2.31 bits per heavy atom. The summed E-state index contributed by atoms with van der Waals surface area (Å²) in [6.45, 7) is 0. The molecule has 0 radical (unpaired) electrons. The highest BCUT2D eigenvalue weighted by atomic mass is 16.1. The highest BCUT2D eigenvalue weighted by Gasteiger charge is 2.40. The first kappa shape index (κ1) is 9.82. The van der Waals surface area contributed by atoms with Crippen molar-refractivity contribution < 1.29 is 4.79 Å². The molecule has 0 saturated heterocycles. The zero-order chi connectivity index (χ0) is 11.0. The van der Waals surface area contributed by atoms with Crippen LogP contribution in [-0.2, 0) is 0 Å². The summed E-state index contributed by atoms with van der Waals surface area (Å²) in [4.78, 5) is 15.9. The van der Waals surface area contributed by atoms with Gasteiger partial charge in [0.25, 0.3) is 5.91 Å². The van der Waals surface area contributed by atoms with Crippen LogP contribution >= 0.6 is 0 Å². The fraction of sp³-hybridized carbons (Fsp3) is 0.538. The summed E-state index contributed by atoms with van der Waals surface area (Å²) in [7, 11) is 0. The molecular formula is C13H16N2O. The van der Waals surface area contributed by atoms with Gasteiger partial charge in [0, 0.05) is 18.4 Å². The molecule has 3 atom stereocenters. The van der Waals surface area contributed by atoms with Crippen molar-refractivity contribution in [3.8, 4) is 0 Å². The largest absolute Gasteiger partial charge is 0.349 e. The van der Waals surface area contributed by atoms with E-state index >= 15 is 0 Å². The minimum Gasteiger partial charge on any atom is -0.349 e. The van der Waals surface area contributed by atoms with Gasteiger partial charge < -0.3 is 5.32 Å². The molecule has 0 aliphatic heterocycles. The number of nitrogens with one attached hydrogen (secondary N) is 1. The molecule has 1 N–H and O–H groups in total. The van der Waals surface area contributed by atoms with Crippen LogP contribution in [0, 0.1) is 11.8 Å². The smallest absolute Gasteiger partial charge is 0.253 e. The van der Waals surface area contributed by atoms with Crippen molar-refractivity contribution in [1.82, 2.24) is 10.3 Å². The second-order valence-corrected chi connectivity index (χ2v) is 5.00. The summed E-state index contributed by atoms with van der Waals surface area (Å²) >= 11 is 0. The molecule has 84 valence electrons. The lowest BCUT2D eigenvalue weighted by Gasteiger charge is -2.22. The van der Waals surface area contributed by atoms with Gasteiger partial charge in [-0.1, -0.05) is 6.42 Å². The number of carbonyl (C=O) groups is 1. The lowest BCUT2D eigenvalue weighted by atomic mass is 9.95. The Labute approximate surface area is 95.3 Å². The second-order valence-electron chi connectivity index (χ2n) is 5.00. The molecule has 2 aliphatic carbocycles. The van der Waals surface area contributed by atoms with Crippen LogP contribution < -0.4 is 5.32 Å². The maximum absolute atomic E-state index is 11.9. The Kier molecular flexibility index (Phi) is 2.39. The standard InChI is InChI=1S/C13H16N2O/c16-13(11-2-1-5-14-8-11)15-12-7-9-3-4-10(12)6-9/h1-2,5,8-10,12H,3-4,6-7H2,(H,15,16)/t9-,10-,12-/m0/s1. The number of hydrogen-bond acceptors (Lipinski definition) is 2. The molecular weight excluding hydrogens is 200 g/mol. The molecule has 3 nitrogen and oxygen atoms in total. The van der Waals surface area contributed by atoms with E-state index in [-0.39, 0.29) is 5.91 Å². The summed E-state index contributed by atoms with van der Waals surface area (Å²) in [5.74, 6) is 1.63. The van der Waals surface area contributed by atoms with E-state index in [1.165, 1.54) is 25.7 Å². The van der Waals surface area contributed by atoms with Gasteiger partial charge in [-0.05, 0) is 43.2 Å². The Balaban J connectivity index is 1.65. The Morgan fingerprint density at radius 3 is 2.94 bits per heavy atom. The van der Waals surface area contributed by atoms with Crippen LogP contribution in [0.4, 0.5) is 0 Å². The van der Waals surface area contributed by atoms with Crippen molar-refractivity contribution in [1.29, 1.82) is 0 Å². The first-order chi connectivity index (χ1) is 7.83. The van der Waals surface area contributed by atoms with Crippen LogP contribution in [-0.4, -0.2) is 16.9 Å². The van der Waals surface area contributed by atoms with Gasteiger partial charge in [-0.3, -0.25) is 9.78 Å². The minimum atomic E-state index is 0.0330. The van der Waals surface area contributed by atoms with Gasteiger partial charge in [0.05, 0.1) is 5.56 Å². The normalized spacial score (nSPS) is 31.6. The zero-order valence-electron chi connectivity index (χ0n) is 9.23. The highest BCUT2D eigenvalue weighted by Crippen LogP contribution is 2.44. The quantitative estimate of drug-likeness (QED) is 0.821. The molecule has 0 spiro atoms. The van der Waals surface area contributed by atoms with E-state index in [1.807, 2.05) is 6.07 Å². The maximum Gasteiger partial charge on any atom is 0.253 e. The van der Waals surface area contributed by atoms with Crippen molar-refractivity contribution in [2.75, 3.05) is 0 Å². The van der Waals surface area contributed by atoms with Crippen LogP contribution in [0.1, 0.15) is 36.0 Å². The molecule has 2 aliphatic rings. The van der Waals surface area contributed by atoms with E-state index in [4.69, 9.17) is 0 Å². The zero-order valence-corrected chi connectivity index (χ0v) is 9.23. The predicted octanol–water partition coefficient (Wildman–Crippen LogP) is 2.00. The molecule has 0 unspecified atom stereocenters. The molecule has 3 heteroatoms. The number of nitrogens with zero attached hydrogens (tertiary/aromatic N) is 1. The minimum absolute atomic E-state index is 0.0330. The molecule has 1 amide bonds. The number of amides is 1. The van der Waals surface area contributed by atoms with Gasteiger partial charge in [-0.2, -0.15) is 0 Å². The third-order valence-corrected chi connectivity index (χ3v) is 3.98. The molecule has 2 fully saturated rings. The van der Waals surface area contributed by atoms with Gasteiger partial charge in [0.15, 0.2) is 0 Å². The molecule has 1 aromatic heterocycles. The van der Waals surface area contributed by atoms with Crippen LogP contribution in [0.3, 0.4) is 0 Å². The van der Waals surface area contributed by atoms with Crippen molar-refractivity contribution in [2.24, 2.45) is 11.8 Å². The van der Waals surface area contributed by atoms with E-state index in [0.717, 1.165) is 11.8 Å². The molecule has 0 aromatic carbocycles. The van der Waals surface area contributed by atoms with E-state index < -0.39 is 0 Å². The fourth-order valence-corrected chi connectivity index (χ4v) is 3.17. The summed E-state index contributed by atoms with van der Waals surface area (Å²) in [5.41, 5.74) is 0.672. The number of aromatic nitrogens is 1. The molecule has 1 heterocycles. The van der Waals surface area contributed by atoms with Crippen molar-refractivity contribution in [2.45, 2.75) is 31.7 Å². The third-order valence-electron chi connectivity index (χ3n) is 3.98. The number of carbonyl (C=O) groups excluding carboxylic acids is 1. The topological polar surface area (TPSA) is 42.0 Å². The van der Waals surface area contributed by atoms with Crippen LogP contribution in [0.2, 0.25) is 0 Å². The average molecular weight is 216 g/mol. The lowest BCUT2D eigenvalue weighted by molar-refractivity contribution is 0.0922. The van der Waals surface area contributed by atoms with E-state index in [9.17, 15) is 4.79 Å². The van der Waals surface area contributed by atoms with Crippen molar-refractivity contribution in [3.63, 3.8) is 0 Å². The first-order valence-electron chi connectivity index (χ1n) is 6.04. The average Bonchev–Trinajstić information content (AvgIpc) is 2.92. The van der Waals surface area contributed by atoms with E-state index in [2.05, 4.69) is 10.3 Å². The van der Waals surface area contributed by atoms with E-state index in [0.29, 0.717) is 11.6 Å². The van der Waals surface area contributed by atoms with Crippen LogP contribution in [0.5, 0.6) is 0 Å². The van der Waals surface area contributed by atoms with Crippen LogP contribution in [0.15, 0.2) is 24.5 Å². The molecule has 16 heavy (non-hydrogen) atoms. The van der Waals surface area contributed by atoms with Crippen LogP contribution in [0.25, 0.3) is 0 Å². The molecule has 2 saturated carbocycles. The Hall–Kier alpha value is -1.38. The number of hydrogen-bond donors (Lipinski definition) is 1. The first-order valence-corrected chi connectivity index (χ1v) is 6.04. The maximum atomic E-state index is 11.9. The monoisotopic (exact) mass is 216 g/mol. The fourth-order valence-electron chi connectivity index (χ4n) is 3.17. The van der Waals surface area contributed by atoms with Gasteiger partial charge in [-0.25, -0.2) is 0 Å². The molecule has 2 bridgehead atoms. The van der Waals surface area contributed by atoms with Gasteiger partial charge in [0.2, 0.25) is 0 Å². The van der Waals surface area contributed by atoms with Crippen molar-refractivity contribution >= 4 is 5.91 Å². The van der Waals surface area contributed by atoms with E-state index in [1.54, 1.807) is 18.5 Å². The third kappa shape index (κ3) is 1.70.